The summed E-state index contributed by atoms with van der Waals surface area (Å²) in [5, 5.41) is 0. The minimum atomic E-state index is -2.30. The highest BCUT2D eigenvalue weighted by Crippen LogP contribution is 2.22. The second-order valence-corrected chi connectivity index (χ2v) is 21.2. The number of hydrogen-bond acceptors (Lipinski definition) is 4. The Morgan fingerprint density at radius 1 is 0.667 bits per heavy atom. The first-order valence-electron chi connectivity index (χ1n) is 7.03. The monoisotopic (exact) mass is 378 g/mol. The van der Waals surface area contributed by atoms with Crippen molar-refractivity contribution in [1.82, 2.24) is 0 Å². The van der Waals surface area contributed by atoms with Gasteiger partial charge in [-0.15, -0.1) is 13.2 Å². The van der Waals surface area contributed by atoms with Crippen LogP contribution in [0.4, 0.5) is 0 Å². The van der Waals surface area contributed by atoms with E-state index < -0.39 is 43.8 Å². The Labute approximate surface area is 137 Å². The van der Waals surface area contributed by atoms with Crippen LogP contribution >= 0.6 is 0 Å². The summed E-state index contributed by atoms with van der Waals surface area (Å²) in [5.41, 5.74) is 3.77. The van der Waals surface area contributed by atoms with Crippen LogP contribution in [0, 0.1) is 0 Å². The zero-order valence-corrected chi connectivity index (χ0v) is 19.7. The lowest BCUT2D eigenvalue weighted by molar-refractivity contribution is 0.305. The Morgan fingerprint density at radius 2 is 0.952 bits per heavy atom. The molecule has 0 fully saturated rings. The van der Waals surface area contributed by atoms with E-state index in [4.69, 9.17) is 16.5 Å². The summed E-state index contributed by atoms with van der Waals surface area (Å²) >= 11 is 0. The molecule has 0 aromatic heterocycles. The van der Waals surface area contributed by atoms with Crippen LogP contribution in [0.3, 0.4) is 0 Å². The first kappa shape index (κ1) is 21.4. The zero-order chi connectivity index (χ0) is 16.9. The summed E-state index contributed by atoms with van der Waals surface area (Å²) in [5.74, 6) is 0. The largest absolute Gasteiger partial charge is 0.433 e. The van der Waals surface area contributed by atoms with Crippen molar-refractivity contribution in [2.24, 2.45) is 0 Å². The lowest BCUT2D eigenvalue weighted by Crippen LogP contribution is -2.56. The van der Waals surface area contributed by atoms with Crippen LogP contribution in [-0.2, 0) is 16.5 Å². The van der Waals surface area contributed by atoms with Gasteiger partial charge in [0.15, 0.2) is 0 Å². The Kier molecular flexibility index (Phi) is 8.47. The summed E-state index contributed by atoms with van der Waals surface area (Å²) in [6, 6.07) is 0. The molecular formula is C12H30O4Si5. The maximum atomic E-state index is 6.30. The van der Waals surface area contributed by atoms with Crippen molar-refractivity contribution >= 4 is 43.8 Å². The van der Waals surface area contributed by atoms with E-state index in [-0.39, 0.29) is 0 Å². The van der Waals surface area contributed by atoms with Crippen LogP contribution in [0.1, 0.15) is 0 Å². The van der Waals surface area contributed by atoms with Crippen LogP contribution in [0.25, 0.3) is 0 Å². The van der Waals surface area contributed by atoms with Gasteiger partial charge < -0.3 is 16.5 Å². The van der Waals surface area contributed by atoms with E-state index in [1.54, 1.807) is 0 Å². The summed E-state index contributed by atoms with van der Waals surface area (Å²) in [6.45, 7) is 24.1. The first-order chi connectivity index (χ1) is 9.32. The maximum Gasteiger partial charge on any atom is 0.314 e. The maximum absolute atomic E-state index is 6.30. The molecule has 0 aliphatic heterocycles. The van der Waals surface area contributed by atoms with Crippen LogP contribution in [-0.4, -0.2) is 43.8 Å². The topological polar surface area (TPSA) is 36.9 Å². The summed E-state index contributed by atoms with van der Waals surface area (Å²) in [4.78, 5) is 0. The fourth-order valence-electron chi connectivity index (χ4n) is 2.11. The lowest BCUT2D eigenvalue weighted by Gasteiger charge is -2.38. The fourth-order valence-corrected chi connectivity index (χ4v) is 20.1. The smallest absolute Gasteiger partial charge is 0.314 e. The molecule has 0 rings (SSSR count). The zero-order valence-electron chi connectivity index (χ0n) is 14.7. The van der Waals surface area contributed by atoms with E-state index in [9.17, 15) is 0 Å². The van der Waals surface area contributed by atoms with Gasteiger partial charge in [-0.05, 0) is 52.4 Å². The van der Waals surface area contributed by atoms with Gasteiger partial charge in [-0.1, -0.05) is 11.4 Å². The highest BCUT2D eigenvalue weighted by molar-refractivity contribution is 6.87. The van der Waals surface area contributed by atoms with Crippen LogP contribution in [0.5, 0.6) is 0 Å². The molecule has 0 heterocycles. The minimum absolute atomic E-state index is 0.984. The van der Waals surface area contributed by atoms with Gasteiger partial charge in [-0.3, -0.25) is 0 Å². The summed E-state index contributed by atoms with van der Waals surface area (Å²) < 4.78 is 24.7. The first-order valence-corrected chi connectivity index (χ1v) is 19.4. The third kappa shape index (κ3) is 9.91. The van der Waals surface area contributed by atoms with E-state index in [0.29, 0.717) is 0 Å². The average molecular weight is 379 g/mol. The third-order valence-electron chi connectivity index (χ3n) is 2.37. The Morgan fingerprint density at radius 3 is 1.19 bits per heavy atom. The van der Waals surface area contributed by atoms with Gasteiger partial charge in [-0.25, -0.2) is 0 Å². The van der Waals surface area contributed by atoms with Crippen LogP contribution in [0.2, 0.25) is 52.4 Å². The Balaban J connectivity index is 4.74. The molecule has 0 aliphatic carbocycles. The van der Waals surface area contributed by atoms with E-state index in [1.807, 2.05) is 11.4 Å². The van der Waals surface area contributed by atoms with E-state index in [1.165, 1.54) is 0 Å². The number of hydrogen-bond donors (Lipinski definition) is 0. The summed E-state index contributed by atoms with van der Waals surface area (Å²) in [6.07, 6.45) is 0. The molecule has 0 aliphatic rings. The molecule has 0 aromatic rings. The summed E-state index contributed by atoms with van der Waals surface area (Å²) in [7, 11) is -8.67. The molecule has 4 nitrogen and oxygen atoms in total. The molecule has 0 amide bonds. The molecule has 2 radical (unpaired) electrons. The van der Waals surface area contributed by atoms with Crippen molar-refractivity contribution in [3.63, 3.8) is 0 Å². The van der Waals surface area contributed by atoms with Gasteiger partial charge in [0, 0.05) is 0 Å². The molecule has 0 N–H and O–H groups in total. The predicted molar refractivity (Wildman–Crippen MR) is 100 cm³/mol. The van der Waals surface area contributed by atoms with Gasteiger partial charge in [0.2, 0.25) is 18.1 Å². The number of rotatable bonds is 10. The fraction of sp³-hybridized carbons (Fsp3) is 0.667. The molecule has 122 valence electrons. The van der Waals surface area contributed by atoms with E-state index in [2.05, 4.69) is 65.5 Å². The van der Waals surface area contributed by atoms with Gasteiger partial charge in [-0.2, -0.15) is 0 Å². The van der Waals surface area contributed by atoms with Gasteiger partial charge in [0.1, 0.15) is 0 Å². The molecule has 0 atom stereocenters. The van der Waals surface area contributed by atoms with Crippen molar-refractivity contribution in [1.29, 1.82) is 0 Å². The molecule has 0 spiro atoms. The predicted octanol–water partition coefficient (Wildman–Crippen LogP) is 3.85. The molecule has 0 saturated heterocycles. The highest BCUT2D eigenvalue weighted by Gasteiger charge is 2.42. The molecule has 0 unspecified atom stereocenters. The lowest BCUT2D eigenvalue weighted by atomic mass is 11.3. The average Bonchev–Trinajstić information content (AvgIpc) is 2.23. The second-order valence-electron chi connectivity index (χ2n) is 6.24. The van der Waals surface area contributed by atoms with Crippen molar-refractivity contribution in [2.45, 2.75) is 52.4 Å². The quantitative estimate of drug-likeness (QED) is 0.541. The van der Waals surface area contributed by atoms with E-state index >= 15 is 0 Å². The highest BCUT2D eigenvalue weighted by atomic mass is 28.5. The minimum Gasteiger partial charge on any atom is -0.433 e. The van der Waals surface area contributed by atoms with E-state index in [0.717, 1.165) is 0 Å². The molecule has 0 saturated carbocycles. The molecule has 21 heavy (non-hydrogen) atoms. The van der Waals surface area contributed by atoms with Crippen molar-refractivity contribution in [2.75, 3.05) is 0 Å². The standard InChI is InChI=1S/C12H30O4Si5/c1-11-17(3)13-19(5,6)15-21(9,10)16-20(7,8)14-18(4)12-2/h11-12H,1-2H2,3-10H3. The molecule has 9 heteroatoms. The van der Waals surface area contributed by atoms with Crippen molar-refractivity contribution in [3.05, 3.63) is 24.6 Å². The SMILES string of the molecule is C=C[Si](C)O[Si](C)(C)O[Si](C)(C)O[Si](C)(C)O[Si](C)C=C. The molecule has 0 aromatic carbocycles. The molecular weight excluding hydrogens is 349 g/mol. The van der Waals surface area contributed by atoms with Gasteiger partial charge in [0.05, 0.1) is 0 Å². The third-order valence-corrected chi connectivity index (χ3v) is 17.9. The Hall–Kier alpha value is 0.404. The van der Waals surface area contributed by atoms with Gasteiger partial charge in [0.25, 0.3) is 0 Å². The van der Waals surface area contributed by atoms with Gasteiger partial charge >= 0.3 is 25.7 Å². The normalized spacial score (nSPS) is 13.8. The molecule has 0 bridgehead atoms. The van der Waals surface area contributed by atoms with Crippen molar-refractivity contribution < 1.29 is 16.5 Å². The second kappa shape index (κ2) is 8.31. The van der Waals surface area contributed by atoms with Crippen molar-refractivity contribution in [3.8, 4) is 0 Å². The van der Waals surface area contributed by atoms with Crippen LogP contribution in [0.15, 0.2) is 24.6 Å². The van der Waals surface area contributed by atoms with Crippen LogP contribution < -0.4 is 0 Å². The Bertz CT molecular complexity index is 328.